The monoisotopic (exact) mass is 433 g/mol. The summed E-state index contributed by atoms with van der Waals surface area (Å²) in [7, 11) is 0. The van der Waals surface area contributed by atoms with E-state index in [9.17, 15) is 9.90 Å². The van der Waals surface area contributed by atoms with Crippen LogP contribution < -0.4 is 5.73 Å². The van der Waals surface area contributed by atoms with Gasteiger partial charge in [-0.05, 0) is 29.2 Å². The number of fused-ring (bicyclic) bond motifs is 3. The molecule has 1 atom stereocenters. The van der Waals surface area contributed by atoms with Gasteiger partial charge in [-0.2, -0.15) is 34.9 Å². The topological polar surface area (TPSA) is 89.1 Å². The van der Waals surface area contributed by atoms with Gasteiger partial charge in [-0.1, -0.05) is 25.1 Å². The summed E-state index contributed by atoms with van der Waals surface area (Å²) in [5, 5.41) is 18.3. The zero-order chi connectivity index (χ0) is 18.4. The SMILES string of the molecule is Cc1[c-]cccc1-c1nnc(C(N)=O)c2c1-c1ccc(C(C)O)cc1C2.[Y]. The maximum atomic E-state index is 11.9. The third-order valence-electron chi connectivity index (χ3n) is 4.87. The van der Waals surface area contributed by atoms with Crippen LogP contribution in [0.15, 0.2) is 36.4 Å². The molecule has 1 unspecified atom stereocenters. The smallest absolute Gasteiger partial charge is 0.269 e. The van der Waals surface area contributed by atoms with Gasteiger partial charge in [0, 0.05) is 50.4 Å². The second kappa shape index (κ2) is 7.59. The Bertz CT molecular complexity index is 1050. The molecule has 1 amide bonds. The molecule has 27 heavy (non-hydrogen) atoms. The third kappa shape index (κ3) is 3.35. The molecule has 3 aromatic rings. The summed E-state index contributed by atoms with van der Waals surface area (Å²) in [6, 6.07) is 14.8. The van der Waals surface area contributed by atoms with Crippen molar-refractivity contribution >= 4 is 5.91 Å². The summed E-state index contributed by atoms with van der Waals surface area (Å²) in [5.41, 5.74) is 12.9. The molecular formula is C21H18N3O2Y-. The molecule has 5 nitrogen and oxygen atoms in total. The molecule has 0 saturated heterocycles. The maximum absolute atomic E-state index is 11.9. The van der Waals surface area contributed by atoms with Crippen molar-refractivity contribution in [2.24, 2.45) is 5.73 Å². The Morgan fingerprint density at radius 2 is 2.04 bits per heavy atom. The van der Waals surface area contributed by atoms with Crippen LogP contribution in [0.5, 0.6) is 0 Å². The first kappa shape index (κ1) is 19.8. The number of nitrogens with two attached hydrogens (primary N) is 1. The Hall–Kier alpha value is -1.95. The second-order valence-corrected chi connectivity index (χ2v) is 6.59. The summed E-state index contributed by atoms with van der Waals surface area (Å²) in [6.45, 7) is 3.70. The van der Waals surface area contributed by atoms with E-state index in [-0.39, 0.29) is 38.4 Å². The molecule has 1 aliphatic carbocycles. The minimum atomic E-state index is -0.583. The number of nitrogens with zero attached hydrogens (tertiary/aromatic N) is 2. The van der Waals surface area contributed by atoms with Crippen LogP contribution in [-0.2, 0) is 39.1 Å². The van der Waals surface area contributed by atoms with Crippen molar-refractivity contribution in [3.63, 3.8) is 0 Å². The number of aliphatic hydroxyl groups is 1. The second-order valence-electron chi connectivity index (χ2n) is 6.59. The molecular weight excluding hydrogens is 415 g/mol. The number of carbonyl (C=O) groups is 1. The van der Waals surface area contributed by atoms with Gasteiger partial charge in [-0.25, -0.2) is 0 Å². The number of hydrogen-bond acceptors (Lipinski definition) is 4. The number of aliphatic hydroxyl groups excluding tert-OH is 1. The number of rotatable bonds is 3. The Balaban J connectivity index is 0.00000210. The molecule has 1 radical (unpaired) electrons. The molecule has 0 aliphatic heterocycles. The van der Waals surface area contributed by atoms with E-state index >= 15 is 0 Å². The fourth-order valence-corrected chi connectivity index (χ4v) is 3.55. The first-order valence-electron chi connectivity index (χ1n) is 8.45. The predicted molar refractivity (Wildman–Crippen MR) is 98.4 cm³/mol. The van der Waals surface area contributed by atoms with Crippen LogP contribution in [0.4, 0.5) is 0 Å². The van der Waals surface area contributed by atoms with Crippen molar-refractivity contribution in [1.82, 2.24) is 10.2 Å². The van der Waals surface area contributed by atoms with Crippen LogP contribution in [0.1, 0.15) is 45.8 Å². The van der Waals surface area contributed by atoms with E-state index < -0.39 is 12.0 Å². The number of carbonyl (C=O) groups excluding carboxylic acids is 1. The number of hydrogen-bond donors (Lipinski definition) is 2. The first-order valence-corrected chi connectivity index (χ1v) is 8.45. The molecule has 0 bridgehead atoms. The van der Waals surface area contributed by atoms with E-state index in [0.717, 1.165) is 44.6 Å². The molecule has 0 spiro atoms. The number of amides is 1. The number of aromatic nitrogens is 2. The average molecular weight is 433 g/mol. The normalized spacial score (nSPS) is 12.7. The fraction of sp³-hybridized carbons (Fsp3) is 0.190. The third-order valence-corrected chi connectivity index (χ3v) is 4.87. The van der Waals surface area contributed by atoms with E-state index in [1.165, 1.54) is 0 Å². The maximum Gasteiger partial charge on any atom is 0.269 e. The van der Waals surface area contributed by atoms with Crippen LogP contribution in [-0.4, -0.2) is 21.2 Å². The van der Waals surface area contributed by atoms with Crippen molar-refractivity contribution < 1.29 is 42.6 Å². The van der Waals surface area contributed by atoms with Crippen LogP contribution in [0.25, 0.3) is 22.4 Å². The predicted octanol–water partition coefficient (Wildman–Crippen LogP) is 2.97. The summed E-state index contributed by atoms with van der Waals surface area (Å²) in [5.74, 6) is -0.583. The average Bonchev–Trinajstić information content (AvgIpc) is 2.99. The van der Waals surface area contributed by atoms with Gasteiger partial charge in [-0.15, -0.1) is 10.7 Å². The van der Waals surface area contributed by atoms with Crippen molar-refractivity contribution in [2.75, 3.05) is 0 Å². The standard InChI is InChI=1S/C21H18N3O2.Y/c1-11-5-3-4-6-15(11)19-18-16-8-7-13(12(2)25)9-14(16)10-17(18)20(21(22)26)24-23-19;/h3-4,6-9,12,25H,10H2,1-2H3,(H2,22,26);/q-1;. The number of aryl methyl sites for hydroxylation is 1. The molecule has 1 heterocycles. The molecule has 2 aromatic carbocycles. The molecule has 6 heteroatoms. The van der Waals surface area contributed by atoms with Crippen molar-refractivity contribution in [1.29, 1.82) is 0 Å². The van der Waals surface area contributed by atoms with Gasteiger partial charge < -0.3 is 10.8 Å². The van der Waals surface area contributed by atoms with Gasteiger partial charge in [0.2, 0.25) is 0 Å². The summed E-state index contributed by atoms with van der Waals surface area (Å²) >= 11 is 0. The van der Waals surface area contributed by atoms with Gasteiger partial charge in [0.25, 0.3) is 5.91 Å². The van der Waals surface area contributed by atoms with Gasteiger partial charge >= 0.3 is 0 Å². The summed E-state index contributed by atoms with van der Waals surface area (Å²) in [6.07, 6.45) is -0.0111. The Morgan fingerprint density at radius 3 is 2.70 bits per heavy atom. The summed E-state index contributed by atoms with van der Waals surface area (Å²) < 4.78 is 0. The van der Waals surface area contributed by atoms with Crippen molar-refractivity contribution in [3.8, 4) is 22.4 Å². The molecule has 0 saturated carbocycles. The summed E-state index contributed by atoms with van der Waals surface area (Å²) in [4.78, 5) is 11.9. The number of primary amides is 1. The minimum absolute atomic E-state index is 0. The van der Waals surface area contributed by atoms with E-state index in [4.69, 9.17) is 5.73 Å². The quantitative estimate of drug-likeness (QED) is 0.487. The molecule has 133 valence electrons. The van der Waals surface area contributed by atoms with E-state index in [2.05, 4.69) is 16.3 Å². The largest absolute Gasteiger partial charge is 0.389 e. The van der Waals surface area contributed by atoms with Gasteiger partial charge in [0.05, 0.1) is 6.10 Å². The molecule has 1 aromatic heterocycles. The van der Waals surface area contributed by atoms with Gasteiger partial charge in [0.15, 0.2) is 5.69 Å². The van der Waals surface area contributed by atoms with Crippen LogP contribution in [0.3, 0.4) is 0 Å². The van der Waals surface area contributed by atoms with Crippen molar-refractivity contribution in [3.05, 3.63) is 70.4 Å². The Morgan fingerprint density at radius 1 is 1.26 bits per heavy atom. The molecule has 3 N–H and O–H groups in total. The minimum Gasteiger partial charge on any atom is -0.389 e. The van der Waals surface area contributed by atoms with Crippen molar-refractivity contribution in [2.45, 2.75) is 26.4 Å². The van der Waals surface area contributed by atoms with Gasteiger partial charge in [-0.3, -0.25) is 4.79 Å². The van der Waals surface area contributed by atoms with Crippen LogP contribution >= 0.6 is 0 Å². The Kier molecular flexibility index (Phi) is 5.56. The Labute approximate surface area is 182 Å². The number of benzene rings is 2. The van der Waals surface area contributed by atoms with Crippen LogP contribution in [0, 0.1) is 13.0 Å². The molecule has 1 aliphatic rings. The zero-order valence-electron chi connectivity index (χ0n) is 15.2. The van der Waals surface area contributed by atoms with E-state index in [0.29, 0.717) is 6.42 Å². The van der Waals surface area contributed by atoms with Crippen LogP contribution in [0.2, 0.25) is 0 Å². The first-order chi connectivity index (χ1) is 12.5. The fourth-order valence-electron chi connectivity index (χ4n) is 3.55. The van der Waals surface area contributed by atoms with Gasteiger partial charge in [0.1, 0.15) is 0 Å². The van der Waals surface area contributed by atoms with E-state index in [1.54, 1.807) is 6.92 Å². The zero-order valence-corrected chi connectivity index (χ0v) is 18.0. The molecule has 4 rings (SSSR count). The van der Waals surface area contributed by atoms with E-state index in [1.807, 2.05) is 43.3 Å². The molecule has 0 fully saturated rings.